The van der Waals surface area contributed by atoms with Crippen LogP contribution in [0.5, 0.6) is 5.75 Å². The Kier molecular flexibility index (Phi) is 3.69. The first-order valence-electron chi connectivity index (χ1n) is 6.76. The van der Waals surface area contributed by atoms with E-state index in [1.807, 2.05) is 18.2 Å². The molecule has 0 N–H and O–H groups in total. The zero-order valence-electron chi connectivity index (χ0n) is 11.6. The lowest BCUT2D eigenvalue weighted by atomic mass is 10.1. The Morgan fingerprint density at radius 2 is 1.23 bits per heavy atom. The molecule has 0 amide bonds. The van der Waals surface area contributed by atoms with Crippen molar-refractivity contribution in [1.29, 1.82) is 0 Å². The molecule has 1 radical (unpaired) electrons. The van der Waals surface area contributed by atoms with E-state index in [-0.39, 0.29) is 9.79 Å². The predicted molar refractivity (Wildman–Crippen MR) is 83.9 cm³/mol. The number of hydrogen-bond acceptors (Lipinski definition) is 2. The molecule has 0 unspecified atom stereocenters. The van der Waals surface area contributed by atoms with Crippen molar-refractivity contribution >= 4 is 9.84 Å². The summed E-state index contributed by atoms with van der Waals surface area (Å²) in [4.78, 5) is -0.0719. The largest absolute Gasteiger partial charge is 0.288 e. The molecule has 0 fully saturated rings. The lowest BCUT2D eigenvalue weighted by Gasteiger charge is -2.09. The van der Waals surface area contributed by atoms with Crippen LogP contribution in [0.2, 0.25) is 0 Å². The molecular weight excluding hydrogens is 296 g/mol. The van der Waals surface area contributed by atoms with Gasteiger partial charge in [0.05, 0.1) is 4.90 Å². The van der Waals surface area contributed by atoms with Gasteiger partial charge in [-0.2, -0.15) is 0 Å². The zero-order chi connectivity index (χ0) is 15.6. The van der Waals surface area contributed by atoms with E-state index in [9.17, 15) is 13.5 Å². The normalized spacial score (nSPS) is 11.3. The predicted octanol–water partition coefficient (Wildman–Crippen LogP) is 4.33. The van der Waals surface area contributed by atoms with Crippen LogP contribution in [0, 0.1) is 0 Å². The average Bonchev–Trinajstić information content (AvgIpc) is 2.56. The van der Waals surface area contributed by atoms with Crippen LogP contribution in [0.25, 0.3) is 11.1 Å². The summed E-state index contributed by atoms with van der Waals surface area (Å²) in [5.41, 5.74) is 1.09. The van der Waals surface area contributed by atoms with Crippen LogP contribution in [-0.4, -0.2) is 8.42 Å². The summed E-state index contributed by atoms with van der Waals surface area (Å²) in [7, 11) is -3.81. The van der Waals surface area contributed by atoms with Crippen molar-refractivity contribution in [3.63, 3.8) is 0 Å². The molecule has 3 rings (SSSR count). The minimum atomic E-state index is -3.81. The zero-order valence-corrected chi connectivity index (χ0v) is 12.5. The van der Waals surface area contributed by atoms with Gasteiger partial charge in [0.25, 0.3) is 0 Å². The molecule has 109 valence electrons. The molecule has 0 aromatic heterocycles. The number of para-hydroxylation sites is 1. The van der Waals surface area contributed by atoms with Gasteiger partial charge < -0.3 is 0 Å². The Labute approximate surface area is 129 Å². The second kappa shape index (κ2) is 5.66. The van der Waals surface area contributed by atoms with Crippen LogP contribution in [0.1, 0.15) is 0 Å². The topological polar surface area (TPSA) is 54.0 Å². The van der Waals surface area contributed by atoms with Gasteiger partial charge in [-0.3, -0.25) is 5.11 Å². The maximum Gasteiger partial charge on any atom is 0.210 e. The first-order chi connectivity index (χ1) is 10.6. The number of benzene rings is 3. The van der Waals surface area contributed by atoms with E-state index in [4.69, 9.17) is 0 Å². The molecule has 4 heteroatoms. The van der Waals surface area contributed by atoms with Gasteiger partial charge in [0, 0.05) is 5.56 Å². The van der Waals surface area contributed by atoms with Crippen LogP contribution < -0.4 is 0 Å². The molecule has 0 aliphatic heterocycles. The van der Waals surface area contributed by atoms with E-state index >= 15 is 0 Å². The van der Waals surface area contributed by atoms with Gasteiger partial charge in [0.2, 0.25) is 15.6 Å². The molecule has 3 aromatic rings. The van der Waals surface area contributed by atoms with Crippen LogP contribution >= 0.6 is 0 Å². The first kappa shape index (κ1) is 14.4. The fourth-order valence-corrected chi connectivity index (χ4v) is 3.68. The summed E-state index contributed by atoms with van der Waals surface area (Å²) in [6.45, 7) is 0. The van der Waals surface area contributed by atoms with Crippen molar-refractivity contribution < 1.29 is 13.5 Å². The maximum atomic E-state index is 12.6. The highest BCUT2D eigenvalue weighted by Crippen LogP contribution is 2.37. The Bertz CT molecular complexity index is 886. The second-order valence-corrected chi connectivity index (χ2v) is 6.73. The van der Waals surface area contributed by atoms with Gasteiger partial charge in [-0.15, -0.1) is 0 Å². The Balaban J connectivity index is 2.18. The van der Waals surface area contributed by atoms with E-state index in [2.05, 4.69) is 0 Å². The fraction of sp³-hybridized carbons (Fsp3) is 0. The van der Waals surface area contributed by atoms with E-state index in [1.165, 1.54) is 18.2 Å². The highest BCUT2D eigenvalue weighted by Gasteiger charge is 2.24. The molecule has 0 aliphatic rings. The molecule has 0 atom stereocenters. The minimum Gasteiger partial charge on any atom is -0.288 e. The molecule has 0 aliphatic carbocycles. The first-order valence-corrected chi connectivity index (χ1v) is 8.24. The Morgan fingerprint density at radius 1 is 0.636 bits per heavy atom. The summed E-state index contributed by atoms with van der Waals surface area (Å²) in [6, 6.07) is 21.6. The summed E-state index contributed by atoms with van der Waals surface area (Å²) < 4.78 is 25.3. The molecule has 0 saturated carbocycles. The molecule has 3 nitrogen and oxygen atoms in total. The van der Waals surface area contributed by atoms with Crippen LogP contribution in [0.3, 0.4) is 0 Å². The molecular formula is C18H13O3S. The van der Waals surface area contributed by atoms with Gasteiger partial charge in [0.15, 0.2) is 0 Å². The van der Waals surface area contributed by atoms with Crippen molar-refractivity contribution in [1.82, 2.24) is 0 Å². The fourth-order valence-electron chi connectivity index (χ4n) is 2.30. The van der Waals surface area contributed by atoms with Gasteiger partial charge in [-0.25, -0.2) is 8.42 Å². The standard InChI is InChI=1S/C18H13O3S/c19-18-16(14-8-3-1-4-9-14)12-7-13-17(18)22(20,21)15-10-5-2-6-11-15/h1-13H. The van der Waals surface area contributed by atoms with Crippen LogP contribution in [-0.2, 0) is 14.9 Å². The number of sulfone groups is 1. The lowest BCUT2D eigenvalue weighted by molar-refractivity contribution is 0.345. The van der Waals surface area contributed by atoms with E-state index < -0.39 is 15.6 Å². The minimum absolute atomic E-state index is 0.123. The van der Waals surface area contributed by atoms with Crippen molar-refractivity contribution in [2.75, 3.05) is 0 Å². The third-order valence-electron chi connectivity index (χ3n) is 3.41. The Morgan fingerprint density at radius 3 is 1.86 bits per heavy atom. The van der Waals surface area contributed by atoms with E-state index in [1.54, 1.807) is 42.5 Å². The van der Waals surface area contributed by atoms with Crippen molar-refractivity contribution in [3.8, 4) is 16.9 Å². The van der Waals surface area contributed by atoms with Crippen molar-refractivity contribution in [3.05, 3.63) is 78.9 Å². The summed E-state index contributed by atoms with van der Waals surface area (Å²) in [6.07, 6.45) is 0. The smallest absolute Gasteiger partial charge is 0.210 e. The molecule has 0 heterocycles. The van der Waals surface area contributed by atoms with Gasteiger partial charge in [-0.05, 0) is 23.8 Å². The molecule has 0 bridgehead atoms. The van der Waals surface area contributed by atoms with Gasteiger partial charge in [0.1, 0.15) is 4.90 Å². The van der Waals surface area contributed by atoms with Crippen molar-refractivity contribution in [2.24, 2.45) is 0 Å². The molecule has 0 spiro atoms. The van der Waals surface area contributed by atoms with Crippen LogP contribution in [0.15, 0.2) is 88.7 Å². The highest BCUT2D eigenvalue weighted by atomic mass is 32.2. The SMILES string of the molecule is [O]c1c(-c2ccccc2)cccc1S(=O)(=O)c1ccccc1. The average molecular weight is 309 g/mol. The second-order valence-electron chi connectivity index (χ2n) is 4.82. The highest BCUT2D eigenvalue weighted by molar-refractivity contribution is 7.91. The van der Waals surface area contributed by atoms with Crippen molar-refractivity contribution in [2.45, 2.75) is 9.79 Å². The number of hydrogen-bond donors (Lipinski definition) is 0. The lowest BCUT2D eigenvalue weighted by Crippen LogP contribution is -2.02. The van der Waals surface area contributed by atoms with E-state index in [0.29, 0.717) is 11.1 Å². The summed E-state index contributed by atoms with van der Waals surface area (Å²) >= 11 is 0. The van der Waals surface area contributed by atoms with E-state index in [0.717, 1.165) is 0 Å². The van der Waals surface area contributed by atoms with Gasteiger partial charge in [-0.1, -0.05) is 60.7 Å². The Hall–Kier alpha value is -2.59. The molecule has 3 aromatic carbocycles. The quantitative estimate of drug-likeness (QED) is 0.723. The summed E-state index contributed by atoms with van der Waals surface area (Å²) in [5.74, 6) is -0.474. The summed E-state index contributed by atoms with van der Waals surface area (Å²) in [5, 5.41) is 12.6. The monoisotopic (exact) mass is 309 g/mol. The molecule has 0 saturated heterocycles. The number of rotatable bonds is 3. The third-order valence-corrected chi connectivity index (χ3v) is 5.20. The van der Waals surface area contributed by atoms with Gasteiger partial charge >= 0.3 is 0 Å². The third kappa shape index (κ3) is 2.49. The molecule has 22 heavy (non-hydrogen) atoms. The van der Waals surface area contributed by atoms with Crippen LogP contribution in [0.4, 0.5) is 0 Å². The maximum absolute atomic E-state index is 12.6.